The Balaban J connectivity index is 2.94. The maximum absolute atomic E-state index is 11.8. The summed E-state index contributed by atoms with van der Waals surface area (Å²) in [5, 5.41) is 3.19. The van der Waals surface area contributed by atoms with E-state index in [4.69, 9.17) is 5.73 Å². The lowest BCUT2D eigenvalue weighted by molar-refractivity contribution is 0.460. The third-order valence-electron chi connectivity index (χ3n) is 2.91. The molecule has 0 saturated carbocycles. The van der Waals surface area contributed by atoms with Crippen LogP contribution in [-0.4, -0.2) is 21.6 Å². The van der Waals surface area contributed by atoms with Gasteiger partial charge in [-0.2, -0.15) is 0 Å². The van der Waals surface area contributed by atoms with Gasteiger partial charge in [0.2, 0.25) is 0 Å². The zero-order valence-corrected chi connectivity index (χ0v) is 10.2. The highest BCUT2D eigenvalue weighted by molar-refractivity contribution is 5.34. The normalized spacial score (nSPS) is 14.5. The van der Waals surface area contributed by atoms with Crippen molar-refractivity contribution in [2.24, 2.45) is 12.8 Å². The Morgan fingerprint density at radius 1 is 1.62 bits per heavy atom. The smallest absolute Gasteiger partial charge is 0.293 e. The molecule has 1 atom stereocenters. The van der Waals surface area contributed by atoms with E-state index in [0.717, 1.165) is 12.8 Å². The molecule has 1 rings (SSSR count). The summed E-state index contributed by atoms with van der Waals surface area (Å²) in [5.41, 5.74) is 5.28. The zero-order valence-electron chi connectivity index (χ0n) is 10.2. The second kappa shape index (κ2) is 5.12. The first kappa shape index (κ1) is 12.7. The van der Waals surface area contributed by atoms with Crippen molar-refractivity contribution in [2.45, 2.75) is 32.2 Å². The quantitative estimate of drug-likeness (QED) is 0.772. The van der Waals surface area contributed by atoms with E-state index < -0.39 is 0 Å². The van der Waals surface area contributed by atoms with Crippen LogP contribution in [-0.2, 0) is 7.05 Å². The van der Waals surface area contributed by atoms with Crippen molar-refractivity contribution in [2.75, 3.05) is 11.9 Å². The van der Waals surface area contributed by atoms with Crippen molar-refractivity contribution in [1.82, 2.24) is 9.55 Å². The first-order chi connectivity index (χ1) is 7.52. The van der Waals surface area contributed by atoms with Gasteiger partial charge in [-0.05, 0) is 26.3 Å². The van der Waals surface area contributed by atoms with Crippen molar-refractivity contribution < 1.29 is 0 Å². The summed E-state index contributed by atoms with van der Waals surface area (Å²) in [4.78, 5) is 15.8. The number of nitrogens with two attached hydrogens (primary N) is 1. The summed E-state index contributed by atoms with van der Waals surface area (Å²) in [6, 6.07) is 0. The molecule has 1 heterocycles. The molecule has 5 heteroatoms. The van der Waals surface area contributed by atoms with E-state index in [2.05, 4.69) is 17.2 Å². The molecule has 0 amide bonds. The van der Waals surface area contributed by atoms with E-state index in [1.165, 1.54) is 4.57 Å². The number of nitrogens with zero attached hydrogens (tertiary/aromatic N) is 2. The highest BCUT2D eigenvalue weighted by Crippen LogP contribution is 2.17. The minimum atomic E-state index is -0.171. The molecule has 0 fully saturated rings. The SMILES string of the molecule is CCC(C)(CCN)Nc1nccn(C)c1=O. The molecule has 0 aliphatic heterocycles. The fourth-order valence-electron chi connectivity index (χ4n) is 1.52. The molecular weight excluding hydrogens is 204 g/mol. The molecular formula is C11H20N4O. The van der Waals surface area contributed by atoms with Crippen LogP contribution in [0.25, 0.3) is 0 Å². The van der Waals surface area contributed by atoms with Crippen LogP contribution in [0.2, 0.25) is 0 Å². The number of aryl methyl sites for hydroxylation is 1. The highest BCUT2D eigenvalue weighted by atomic mass is 16.1. The standard InChI is InChI=1S/C11H20N4O/c1-4-11(2,5-6-12)14-9-10(16)15(3)8-7-13-9/h7-8H,4-6,12H2,1-3H3,(H,13,14). The first-order valence-corrected chi connectivity index (χ1v) is 5.52. The second-order valence-electron chi connectivity index (χ2n) is 4.27. The maximum atomic E-state index is 11.8. The maximum Gasteiger partial charge on any atom is 0.293 e. The van der Waals surface area contributed by atoms with E-state index >= 15 is 0 Å². The molecule has 0 aliphatic carbocycles. The van der Waals surface area contributed by atoms with Gasteiger partial charge >= 0.3 is 0 Å². The Morgan fingerprint density at radius 2 is 2.31 bits per heavy atom. The Kier molecular flexibility index (Phi) is 4.06. The minimum absolute atomic E-state index is 0.112. The Hall–Kier alpha value is -1.36. The predicted molar refractivity (Wildman–Crippen MR) is 65.5 cm³/mol. The lowest BCUT2D eigenvalue weighted by Crippen LogP contribution is -2.39. The monoisotopic (exact) mass is 224 g/mol. The topological polar surface area (TPSA) is 72.9 Å². The van der Waals surface area contributed by atoms with E-state index in [1.807, 2.05) is 6.92 Å². The molecule has 0 saturated heterocycles. The number of hydrogen-bond acceptors (Lipinski definition) is 4. The Labute approximate surface area is 95.7 Å². The Morgan fingerprint density at radius 3 is 2.88 bits per heavy atom. The van der Waals surface area contributed by atoms with Crippen molar-refractivity contribution in [3.05, 3.63) is 22.7 Å². The van der Waals surface area contributed by atoms with Crippen LogP contribution < -0.4 is 16.6 Å². The summed E-state index contributed by atoms with van der Waals surface area (Å²) in [5.74, 6) is 0.391. The van der Waals surface area contributed by atoms with Gasteiger partial charge in [0.05, 0.1) is 0 Å². The summed E-state index contributed by atoms with van der Waals surface area (Å²) >= 11 is 0. The third kappa shape index (κ3) is 2.82. The summed E-state index contributed by atoms with van der Waals surface area (Å²) in [6.07, 6.45) is 4.95. The van der Waals surface area contributed by atoms with Gasteiger partial charge in [-0.1, -0.05) is 6.92 Å². The molecule has 3 N–H and O–H groups in total. The molecule has 0 spiro atoms. The zero-order chi connectivity index (χ0) is 12.2. The molecule has 0 radical (unpaired) electrons. The lowest BCUT2D eigenvalue weighted by atomic mass is 9.94. The van der Waals surface area contributed by atoms with Gasteiger partial charge in [0.25, 0.3) is 5.56 Å². The average Bonchev–Trinajstić information content (AvgIpc) is 2.25. The number of hydrogen-bond donors (Lipinski definition) is 2. The summed E-state index contributed by atoms with van der Waals surface area (Å²) in [7, 11) is 1.71. The van der Waals surface area contributed by atoms with Gasteiger partial charge in [0.1, 0.15) is 0 Å². The van der Waals surface area contributed by atoms with Crippen molar-refractivity contribution in [1.29, 1.82) is 0 Å². The molecule has 0 aliphatic rings. The van der Waals surface area contributed by atoms with Gasteiger partial charge in [-0.3, -0.25) is 4.79 Å². The molecule has 5 nitrogen and oxygen atoms in total. The second-order valence-corrected chi connectivity index (χ2v) is 4.27. The van der Waals surface area contributed by atoms with Gasteiger partial charge in [-0.25, -0.2) is 4.98 Å². The molecule has 0 bridgehead atoms. The highest BCUT2D eigenvalue weighted by Gasteiger charge is 2.22. The van der Waals surface area contributed by atoms with Crippen LogP contribution in [0.5, 0.6) is 0 Å². The summed E-state index contributed by atoms with van der Waals surface area (Å²) in [6.45, 7) is 4.70. The molecule has 1 aromatic rings. The average molecular weight is 224 g/mol. The van der Waals surface area contributed by atoms with Crippen LogP contribution in [0.15, 0.2) is 17.2 Å². The van der Waals surface area contributed by atoms with E-state index in [1.54, 1.807) is 19.4 Å². The number of nitrogens with one attached hydrogen (secondary N) is 1. The fraction of sp³-hybridized carbons (Fsp3) is 0.636. The number of aromatic nitrogens is 2. The minimum Gasteiger partial charge on any atom is -0.360 e. The van der Waals surface area contributed by atoms with Crippen LogP contribution >= 0.6 is 0 Å². The van der Waals surface area contributed by atoms with Gasteiger partial charge in [0, 0.05) is 25.0 Å². The number of anilines is 1. The van der Waals surface area contributed by atoms with Crippen LogP contribution in [0.3, 0.4) is 0 Å². The van der Waals surface area contributed by atoms with Crippen molar-refractivity contribution >= 4 is 5.82 Å². The van der Waals surface area contributed by atoms with Crippen molar-refractivity contribution in [3.63, 3.8) is 0 Å². The third-order valence-corrected chi connectivity index (χ3v) is 2.91. The first-order valence-electron chi connectivity index (χ1n) is 5.52. The largest absolute Gasteiger partial charge is 0.360 e. The van der Waals surface area contributed by atoms with Gasteiger partial charge < -0.3 is 15.6 Å². The molecule has 1 unspecified atom stereocenters. The van der Waals surface area contributed by atoms with Crippen LogP contribution in [0.1, 0.15) is 26.7 Å². The van der Waals surface area contributed by atoms with Crippen molar-refractivity contribution in [3.8, 4) is 0 Å². The van der Waals surface area contributed by atoms with Gasteiger partial charge in [-0.15, -0.1) is 0 Å². The van der Waals surface area contributed by atoms with Crippen LogP contribution in [0, 0.1) is 0 Å². The fourth-order valence-corrected chi connectivity index (χ4v) is 1.52. The predicted octanol–water partition coefficient (Wildman–Crippen LogP) is 0.710. The van der Waals surface area contributed by atoms with E-state index in [0.29, 0.717) is 12.4 Å². The van der Waals surface area contributed by atoms with Crippen LogP contribution in [0.4, 0.5) is 5.82 Å². The molecule has 90 valence electrons. The Bertz CT molecular complexity index is 401. The van der Waals surface area contributed by atoms with E-state index in [-0.39, 0.29) is 11.1 Å². The molecule has 1 aromatic heterocycles. The number of rotatable bonds is 5. The lowest BCUT2D eigenvalue weighted by Gasteiger charge is -2.29. The summed E-state index contributed by atoms with van der Waals surface area (Å²) < 4.78 is 1.51. The molecule has 0 aromatic carbocycles. The molecule has 16 heavy (non-hydrogen) atoms. The van der Waals surface area contributed by atoms with E-state index in [9.17, 15) is 4.79 Å². The van der Waals surface area contributed by atoms with Gasteiger partial charge in [0.15, 0.2) is 5.82 Å².